The number of nitrogens with zero attached hydrogens (tertiary/aromatic N) is 3. The average Bonchev–Trinajstić information content (AvgIpc) is 2.98. The van der Waals surface area contributed by atoms with Gasteiger partial charge in [-0.25, -0.2) is 18.7 Å². The van der Waals surface area contributed by atoms with Crippen molar-refractivity contribution in [2.75, 3.05) is 0 Å². The van der Waals surface area contributed by atoms with Gasteiger partial charge in [0.2, 0.25) is 0 Å². The Kier molecular flexibility index (Phi) is 6.08. The monoisotopic (exact) mass is 493 g/mol. The molecule has 0 aliphatic heterocycles. The van der Waals surface area contributed by atoms with Crippen molar-refractivity contribution in [3.8, 4) is 45.0 Å². The highest BCUT2D eigenvalue weighted by molar-refractivity contribution is 5.71. The number of rotatable bonds is 5. The summed E-state index contributed by atoms with van der Waals surface area (Å²) in [5.74, 6) is 0.291. The average molecular weight is 494 g/mol. The lowest BCUT2D eigenvalue weighted by Crippen LogP contribution is -2.40. The molecule has 0 aliphatic carbocycles. The van der Waals surface area contributed by atoms with Crippen LogP contribution in [0.25, 0.3) is 45.0 Å². The molecule has 0 spiro atoms. The van der Waals surface area contributed by atoms with E-state index in [4.69, 9.17) is 0 Å². The summed E-state index contributed by atoms with van der Waals surface area (Å²) in [6.45, 7) is 0. The molecule has 6 aromatic rings. The predicted octanol–water partition coefficient (Wildman–Crippen LogP) is 6.38. The molecule has 0 aliphatic rings. The van der Waals surface area contributed by atoms with E-state index in [1.54, 1.807) is 6.07 Å². The van der Waals surface area contributed by atoms with Gasteiger partial charge < -0.3 is 0 Å². The molecule has 0 saturated carbocycles. The van der Waals surface area contributed by atoms with Gasteiger partial charge in [0.15, 0.2) is 5.82 Å². The third-order valence-corrected chi connectivity index (χ3v) is 6.44. The first-order chi connectivity index (χ1) is 18.7. The van der Waals surface area contributed by atoms with Gasteiger partial charge in [-0.05, 0) is 52.6 Å². The first-order valence-corrected chi connectivity index (χ1v) is 12.3. The van der Waals surface area contributed by atoms with Crippen molar-refractivity contribution in [1.82, 2.24) is 14.1 Å². The van der Waals surface area contributed by atoms with Gasteiger partial charge in [-0.2, -0.15) is 4.98 Å². The van der Waals surface area contributed by atoms with Crippen molar-refractivity contribution in [2.45, 2.75) is 0 Å². The summed E-state index contributed by atoms with van der Waals surface area (Å²) >= 11 is 0. The number of hydrogen-bond acceptors (Lipinski definition) is 3. The second kappa shape index (κ2) is 9.99. The summed E-state index contributed by atoms with van der Waals surface area (Å²) in [7, 11) is 0. The Morgan fingerprint density at radius 1 is 0.421 bits per heavy atom. The van der Waals surface area contributed by atoms with Gasteiger partial charge in [0.25, 0.3) is 0 Å². The van der Waals surface area contributed by atoms with E-state index in [0.717, 1.165) is 26.8 Å². The summed E-state index contributed by atoms with van der Waals surface area (Å²) in [6, 6.07) is 44.2. The van der Waals surface area contributed by atoms with Crippen molar-refractivity contribution in [3.63, 3.8) is 0 Å². The first kappa shape index (κ1) is 23.1. The Labute approximate surface area is 219 Å². The summed E-state index contributed by atoms with van der Waals surface area (Å²) in [6.07, 6.45) is 0. The third-order valence-electron chi connectivity index (χ3n) is 6.44. The van der Waals surface area contributed by atoms with Crippen LogP contribution in [0.2, 0.25) is 0 Å². The maximum atomic E-state index is 14.1. The van der Waals surface area contributed by atoms with E-state index in [9.17, 15) is 9.59 Å². The fourth-order valence-electron chi connectivity index (χ4n) is 4.61. The minimum absolute atomic E-state index is 0.291. The zero-order chi connectivity index (χ0) is 25.9. The van der Waals surface area contributed by atoms with Crippen LogP contribution in [-0.4, -0.2) is 14.1 Å². The maximum absolute atomic E-state index is 14.1. The Bertz CT molecular complexity index is 1840. The van der Waals surface area contributed by atoms with Crippen LogP contribution in [0.5, 0.6) is 0 Å². The van der Waals surface area contributed by atoms with Crippen molar-refractivity contribution < 1.29 is 0 Å². The lowest BCUT2D eigenvalue weighted by Gasteiger charge is -2.16. The van der Waals surface area contributed by atoms with Crippen molar-refractivity contribution in [2.24, 2.45) is 0 Å². The summed E-state index contributed by atoms with van der Waals surface area (Å²) in [4.78, 5) is 32.0. The van der Waals surface area contributed by atoms with Crippen LogP contribution >= 0.6 is 0 Å². The molecule has 0 amide bonds. The molecule has 0 unspecified atom stereocenters. The molecule has 0 saturated heterocycles. The molecule has 38 heavy (non-hydrogen) atoms. The van der Waals surface area contributed by atoms with Crippen molar-refractivity contribution in [1.29, 1.82) is 0 Å². The van der Waals surface area contributed by atoms with Gasteiger partial charge >= 0.3 is 11.4 Å². The number of para-hydroxylation sites is 1. The van der Waals surface area contributed by atoms with Gasteiger partial charge in [-0.15, -0.1) is 0 Å². The Morgan fingerprint density at radius 2 is 0.895 bits per heavy atom. The summed E-state index contributed by atoms with van der Waals surface area (Å²) in [5, 5.41) is 0. The zero-order valence-electron chi connectivity index (χ0n) is 20.4. The predicted molar refractivity (Wildman–Crippen MR) is 152 cm³/mol. The highest BCUT2D eigenvalue weighted by atomic mass is 16.2. The Hall–Kier alpha value is -5.29. The third kappa shape index (κ3) is 4.38. The number of hydrogen-bond donors (Lipinski definition) is 0. The highest BCUT2D eigenvalue weighted by Crippen LogP contribution is 2.26. The minimum Gasteiger partial charge on any atom is -0.247 e. The first-order valence-electron chi connectivity index (χ1n) is 12.3. The topological polar surface area (TPSA) is 56.9 Å². The molecular formula is C33H23N3O2. The van der Waals surface area contributed by atoms with E-state index < -0.39 is 11.4 Å². The molecule has 5 nitrogen and oxygen atoms in total. The smallest absolute Gasteiger partial charge is 0.247 e. The fourth-order valence-corrected chi connectivity index (χ4v) is 4.61. The molecule has 1 aromatic heterocycles. The van der Waals surface area contributed by atoms with E-state index in [1.807, 2.05) is 133 Å². The molecule has 182 valence electrons. The maximum Gasteiger partial charge on any atom is 0.358 e. The molecule has 5 aromatic carbocycles. The largest absolute Gasteiger partial charge is 0.358 e. The van der Waals surface area contributed by atoms with Gasteiger partial charge in [0.1, 0.15) is 0 Å². The highest BCUT2D eigenvalue weighted by Gasteiger charge is 2.18. The van der Waals surface area contributed by atoms with E-state index in [0.29, 0.717) is 22.8 Å². The Morgan fingerprint density at radius 3 is 1.53 bits per heavy atom. The molecule has 0 fully saturated rings. The van der Waals surface area contributed by atoms with E-state index in [-0.39, 0.29) is 0 Å². The molecule has 5 heteroatoms. The fraction of sp³-hybridized carbons (Fsp3) is 0. The summed E-state index contributed by atoms with van der Waals surface area (Å²) in [5.41, 5.74) is 4.55. The second-order valence-electron chi connectivity index (χ2n) is 8.87. The van der Waals surface area contributed by atoms with Crippen LogP contribution in [0.3, 0.4) is 0 Å². The van der Waals surface area contributed by atoms with Gasteiger partial charge in [-0.3, -0.25) is 0 Å². The molecule has 0 radical (unpaired) electrons. The van der Waals surface area contributed by atoms with Crippen LogP contribution in [-0.2, 0) is 0 Å². The van der Waals surface area contributed by atoms with E-state index >= 15 is 0 Å². The second-order valence-corrected chi connectivity index (χ2v) is 8.87. The lowest BCUT2D eigenvalue weighted by molar-refractivity contribution is 0.755. The Balaban J connectivity index is 1.57. The van der Waals surface area contributed by atoms with Crippen LogP contribution < -0.4 is 11.4 Å². The lowest BCUT2D eigenvalue weighted by atomic mass is 10.0. The van der Waals surface area contributed by atoms with Gasteiger partial charge in [0, 0.05) is 5.56 Å². The quantitative estimate of drug-likeness (QED) is 0.280. The van der Waals surface area contributed by atoms with Crippen LogP contribution in [0.1, 0.15) is 0 Å². The standard InChI is InChI=1S/C33H23N3O2/c37-32-34-31(28-18-10-16-26(22-28)24-12-4-1-5-13-24)35(29-19-8-3-9-20-29)33(38)36(32)30-21-11-17-27(23-30)25-14-6-2-7-15-25/h1-23H. The molecule has 6 rings (SSSR count). The van der Waals surface area contributed by atoms with Crippen LogP contribution in [0.15, 0.2) is 149 Å². The number of benzene rings is 5. The SMILES string of the molecule is O=c1nc(-c2cccc(-c3ccccc3)c2)n(-c2ccccc2)c(=O)n1-c1cccc(-c2ccccc2)c1. The van der Waals surface area contributed by atoms with Gasteiger partial charge in [-0.1, -0.05) is 109 Å². The van der Waals surface area contributed by atoms with Crippen LogP contribution in [0, 0.1) is 0 Å². The molecular weight excluding hydrogens is 470 g/mol. The van der Waals surface area contributed by atoms with Crippen molar-refractivity contribution >= 4 is 0 Å². The normalized spacial score (nSPS) is 10.8. The molecule has 0 N–H and O–H groups in total. The zero-order valence-corrected chi connectivity index (χ0v) is 20.4. The van der Waals surface area contributed by atoms with Gasteiger partial charge in [0.05, 0.1) is 11.4 Å². The van der Waals surface area contributed by atoms with E-state index in [1.165, 1.54) is 4.57 Å². The minimum atomic E-state index is -0.632. The van der Waals surface area contributed by atoms with Crippen LogP contribution in [0.4, 0.5) is 0 Å². The number of aromatic nitrogens is 3. The summed E-state index contributed by atoms with van der Waals surface area (Å²) < 4.78 is 2.63. The molecule has 0 atom stereocenters. The van der Waals surface area contributed by atoms with E-state index in [2.05, 4.69) is 4.98 Å². The molecule has 1 heterocycles. The van der Waals surface area contributed by atoms with Crippen molar-refractivity contribution in [3.05, 3.63) is 160 Å². The molecule has 0 bridgehead atoms.